The van der Waals surface area contributed by atoms with Crippen LogP contribution in [0.5, 0.6) is 0 Å². The van der Waals surface area contributed by atoms with Crippen molar-refractivity contribution in [1.29, 1.82) is 0 Å². The van der Waals surface area contributed by atoms with Gasteiger partial charge in [-0.1, -0.05) is 37.3 Å². The van der Waals surface area contributed by atoms with E-state index < -0.39 is 0 Å². The fourth-order valence-corrected chi connectivity index (χ4v) is 2.42. The van der Waals surface area contributed by atoms with Crippen LogP contribution in [0, 0.1) is 4.77 Å². The normalized spacial score (nSPS) is 12.6. The minimum absolute atomic E-state index is 0.332. The smallest absolute Gasteiger partial charge is 0.195 e. The Morgan fingerprint density at radius 2 is 2.06 bits per heavy atom. The topological polar surface area (TPSA) is 33.6 Å². The molecule has 2 rings (SSSR count). The Morgan fingerprint density at radius 3 is 2.71 bits per heavy atom. The molecule has 0 aliphatic rings. The Morgan fingerprint density at radius 1 is 1.35 bits per heavy atom. The van der Waals surface area contributed by atoms with E-state index in [4.69, 9.17) is 12.2 Å². The van der Waals surface area contributed by atoms with Crippen LogP contribution < -0.4 is 0 Å². The zero-order valence-corrected chi connectivity index (χ0v) is 11.0. The highest BCUT2D eigenvalue weighted by atomic mass is 32.1. The summed E-state index contributed by atoms with van der Waals surface area (Å²) in [6, 6.07) is 10.8. The lowest BCUT2D eigenvalue weighted by molar-refractivity contribution is 0.517. The van der Waals surface area contributed by atoms with Gasteiger partial charge in [-0.25, -0.2) is 0 Å². The minimum atomic E-state index is 0.332. The Labute approximate surface area is 106 Å². The third-order valence-corrected chi connectivity index (χ3v) is 3.20. The van der Waals surface area contributed by atoms with Gasteiger partial charge in [0, 0.05) is 12.5 Å². The van der Waals surface area contributed by atoms with Crippen molar-refractivity contribution in [2.24, 2.45) is 0 Å². The quantitative estimate of drug-likeness (QED) is 0.841. The monoisotopic (exact) mass is 247 g/mol. The highest BCUT2D eigenvalue weighted by molar-refractivity contribution is 7.71. The Hall–Kier alpha value is -1.42. The molecule has 3 nitrogen and oxygen atoms in total. The summed E-state index contributed by atoms with van der Waals surface area (Å²) in [4.78, 5) is 0. The van der Waals surface area contributed by atoms with E-state index in [1.165, 1.54) is 5.56 Å². The van der Waals surface area contributed by atoms with Crippen molar-refractivity contribution in [2.75, 3.05) is 0 Å². The van der Waals surface area contributed by atoms with Crippen LogP contribution >= 0.6 is 12.2 Å². The molecule has 1 unspecified atom stereocenters. The predicted molar refractivity (Wildman–Crippen MR) is 71.6 cm³/mol. The van der Waals surface area contributed by atoms with Gasteiger partial charge in [0.15, 0.2) is 4.77 Å². The van der Waals surface area contributed by atoms with Crippen molar-refractivity contribution in [3.05, 3.63) is 46.5 Å². The van der Waals surface area contributed by atoms with Gasteiger partial charge < -0.3 is 4.57 Å². The number of aryl methyl sites for hydroxylation is 1. The highest BCUT2D eigenvalue weighted by Gasteiger charge is 2.11. The van der Waals surface area contributed by atoms with Gasteiger partial charge in [-0.3, -0.25) is 5.10 Å². The summed E-state index contributed by atoms with van der Waals surface area (Å²) >= 11 is 5.28. The third-order valence-electron chi connectivity index (χ3n) is 2.91. The number of rotatable bonds is 4. The molecule has 1 N–H and O–H groups in total. The van der Waals surface area contributed by atoms with Crippen LogP contribution in [0.1, 0.15) is 31.3 Å². The van der Waals surface area contributed by atoms with E-state index in [1.807, 2.05) is 6.07 Å². The van der Waals surface area contributed by atoms with Gasteiger partial charge in [0.2, 0.25) is 0 Å². The van der Waals surface area contributed by atoms with Crippen LogP contribution in [0.25, 0.3) is 0 Å². The predicted octanol–water partition coefficient (Wildman–Crippen LogP) is 3.31. The third kappa shape index (κ3) is 2.64. The van der Waals surface area contributed by atoms with Crippen molar-refractivity contribution in [1.82, 2.24) is 14.8 Å². The molecule has 1 atom stereocenters. The van der Waals surface area contributed by atoms with Crippen LogP contribution in [0.15, 0.2) is 30.3 Å². The van der Waals surface area contributed by atoms with Gasteiger partial charge >= 0.3 is 0 Å². The minimum Gasteiger partial charge on any atom is -0.301 e. The summed E-state index contributed by atoms with van der Waals surface area (Å²) in [5.74, 6) is 1.03. The largest absolute Gasteiger partial charge is 0.301 e. The number of hydrogen-bond acceptors (Lipinski definition) is 2. The average molecular weight is 247 g/mol. The number of aromatic amines is 1. The number of nitrogens with one attached hydrogen (secondary N) is 1. The number of H-pyrrole nitrogens is 1. The molecule has 1 aromatic carbocycles. The molecule has 0 radical (unpaired) electrons. The van der Waals surface area contributed by atoms with E-state index in [0.29, 0.717) is 10.8 Å². The fourth-order valence-electron chi connectivity index (χ4n) is 2.09. The molecular formula is C13H17N3S. The van der Waals surface area contributed by atoms with Crippen molar-refractivity contribution >= 4 is 12.2 Å². The van der Waals surface area contributed by atoms with Crippen LogP contribution in [0.2, 0.25) is 0 Å². The molecule has 0 spiro atoms. The van der Waals surface area contributed by atoms with E-state index in [1.54, 1.807) is 0 Å². The molecule has 0 amide bonds. The Kier molecular flexibility index (Phi) is 3.74. The van der Waals surface area contributed by atoms with Gasteiger partial charge in [0.05, 0.1) is 0 Å². The number of hydrogen-bond donors (Lipinski definition) is 1. The molecular weight excluding hydrogens is 230 g/mol. The number of aromatic nitrogens is 3. The summed E-state index contributed by atoms with van der Waals surface area (Å²) in [5, 5.41) is 7.11. The second-order valence-electron chi connectivity index (χ2n) is 4.21. The molecule has 0 aliphatic heterocycles. The molecule has 0 saturated carbocycles. The number of nitrogens with zero attached hydrogens (tertiary/aromatic N) is 2. The lowest BCUT2D eigenvalue weighted by atomic mass is 10.1. The van der Waals surface area contributed by atoms with E-state index in [-0.39, 0.29) is 0 Å². The Balaban J connectivity index is 2.23. The maximum absolute atomic E-state index is 5.28. The second-order valence-corrected chi connectivity index (χ2v) is 4.59. The molecule has 90 valence electrons. The molecule has 1 heterocycles. The second kappa shape index (κ2) is 5.27. The maximum atomic E-state index is 5.28. The highest BCUT2D eigenvalue weighted by Crippen LogP contribution is 2.16. The zero-order valence-electron chi connectivity index (χ0n) is 10.2. The van der Waals surface area contributed by atoms with E-state index in [0.717, 1.165) is 18.7 Å². The summed E-state index contributed by atoms with van der Waals surface area (Å²) in [6.45, 7) is 4.27. The van der Waals surface area contributed by atoms with E-state index in [2.05, 4.69) is 52.9 Å². The molecule has 0 bridgehead atoms. The maximum Gasteiger partial charge on any atom is 0.195 e. The lowest BCUT2D eigenvalue weighted by Crippen LogP contribution is -2.11. The first kappa shape index (κ1) is 12.0. The first-order chi connectivity index (χ1) is 8.22. The lowest BCUT2D eigenvalue weighted by Gasteiger charge is -2.15. The molecule has 0 aliphatic carbocycles. The molecule has 2 aromatic rings. The first-order valence-electron chi connectivity index (χ1n) is 5.92. The summed E-state index contributed by atoms with van der Waals surface area (Å²) < 4.78 is 2.83. The van der Waals surface area contributed by atoms with Gasteiger partial charge in [-0.2, -0.15) is 5.10 Å². The van der Waals surface area contributed by atoms with Crippen LogP contribution in [0.4, 0.5) is 0 Å². The van der Waals surface area contributed by atoms with Crippen molar-refractivity contribution in [3.63, 3.8) is 0 Å². The van der Waals surface area contributed by atoms with Gasteiger partial charge in [0.25, 0.3) is 0 Å². The van der Waals surface area contributed by atoms with Crippen molar-refractivity contribution < 1.29 is 0 Å². The summed E-state index contributed by atoms with van der Waals surface area (Å²) in [5.41, 5.74) is 1.32. The summed E-state index contributed by atoms with van der Waals surface area (Å²) in [6.07, 6.45) is 1.87. The fraction of sp³-hybridized carbons (Fsp3) is 0.385. The number of benzene rings is 1. The van der Waals surface area contributed by atoms with Crippen molar-refractivity contribution in [3.8, 4) is 0 Å². The van der Waals surface area contributed by atoms with E-state index in [9.17, 15) is 0 Å². The van der Waals surface area contributed by atoms with Crippen LogP contribution in [0.3, 0.4) is 0 Å². The van der Waals surface area contributed by atoms with Crippen LogP contribution in [-0.2, 0) is 12.8 Å². The van der Waals surface area contributed by atoms with E-state index >= 15 is 0 Å². The zero-order chi connectivity index (χ0) is 12.3. The molecule has 0 saturated heterocycles. The SMILES string of the molecule is CCc1n[nH]c(=S)n1C(C)Cc1ccccc1. The first-order valence-corrected chi connectivity index (χ1v) is 6.33. The Bertz CT molecular complexity index is 527. The van der Waals surface area contributed by atoms with Gasteiger partial charge in [0.1, 0.15) is 5.82 Å². The van der Waals surface area contributed by atoms with Gasteiger partial charge in [-0.05, 0) is 31.1 Å². The molecule has 1 aromatic heterocycles. The van der Waals surface area contributed by atoms with Crippen LogP contribution in [-0.4, -0.2) is 14.8 Å². The molecule has 17 heavy (non-hydrogen) atoms. The summed E-state index contributed by atoms with van der Waals surface area (Å²) in [7, 11) is 0. The molecule has 4 heteroatoms. The van der Waals surface area contributed by atoms with Crippen molar-refractivity contribution in [2.45, 2.75) is 32.7 Å². The molecule has 0 fully saturated rings. The average Bonchev–Trinajstić information content (AvgIpc) is 2.71. The van der Waals surface area contributed by atoms with Gasteiger partial charge in [-0.15, -0.1) is 0 Å². The standard InChI is InChI=1S/C13H17N3S/c1-3-12-14-15-13(17)16(12)10(2)9-11-7-5-4-6-8-11/h4-8,10H,3,9H2,1-2H3,(H,15,17).